The highest BCUT2D eigenvalue weighted by molar-refractivity contribution is 6.01. The van der Waals surface area contributed by atoms with Gasteiger partial charge in [0.05, 0.1) is 50.9 Å². The molecule has 2 aliphatic rings. The zero-order valence-corrected chi connectivity index (χ0v) is 16.9. The van der Waals surface area contributed by atoms with E-state index in [9.17, 15) is 9.59 Å². The summed E-state index contributed by atoms with van der Waals surface area (Å²) in [5.41, 5.74) is 1.82. The summed E-state index contributed by atoms with van der Waals surface area (Å²) in [4.78, 5) is 29.5. The van der Waals surface area contributed by atoms with Gasteiger partial charge >= 0.3 is 6.03 Å². The zero-order valence-electron chi connectivity index (χ0n) is 16.9. The molecule has 0 radical (unpaired) electrons. The monoisotopic (exact) mass is 409 g/mol. The van der Waals surface area contributed by atoms with Crippen LogP contribution in [0.2, 0.25) is 0 Å². The largest absolute Gasteiger partial charge is 0.497 e. The maximum atomic E-state index is 13.4. The Bertz CT molecular complexity index is 1010. The maximum Gasteiger partial charge on any atom is 0.322 e. The Morgan fingerprint density at radius 2 is 2.10 bits per heavy atom. The van der Waals surface area contributed by atoms with E-state index < -0.39 is 6.04 Å². The number of carbonyl (C=O) groups is 2. The first kappa shape index (κ1) is 19.6. The minimum atomic E-state index is -0.660. The van der Waals surface area contributed by atoms with Crippen LogP contribution < -0.4 is 14.8 Å². The van der Waals surface area contributed by atoms with Crippen LogP contribution >= 0.6 is 0 Å². The molecule has 3 amide bonds. The zero-order chi connectivity index (χ0) is 21.3. The van der Waals surface area contributed by atoms with Crippen LogP contribution in [-0.4, -0.2) is 49.0 Å². The number of amides is 3. The van der Waals surface area contributed by atoms with Crippen LogP contribution in [0.1, 0.15) is 17.4 Å². The number of carbonyl (C=O) groups excluding carboxylic acids is 2. The molecule has 1 unspecified atom stereocenters. The average Bonchev–Trinajstić information content (AvgIpc) is 3.38. The number of furan rings is 1. The maximum absolute atomic E-state index is 13.4. The standard InChI is InChI=1S/C22H23N3O5/c1-4-9-25-17-13-24(12-15-6-5-10-30-15)21(26)19(17)20(23-22(25)27)16-11-14(28-2)7-8-18(16)29-3/h4-8,10-11,20H,1,9,12-13H2,2-3H3,(H,23,27). The van der Waals surface area contributed by atoms with Crippen LogP contribution in [0.15, 0.2) is 64.9 Å². The Kier molecular flexibility index (Phi) is 5.22. The van der Waals surface area contributed by atoms with E-state index in [1.807, 2.05) is 6.07 Å². The predicted octanol–water partition coefficient (Wildman–Crippen LogP) is 2.85. The summed E-state index contributed by atoms with van der Waals surface area (Å²) in [7, 11) is 3.11. The highest BCUT2D eigenvalue weighted by Crippen LogP contribution is 2.40. The van der Waals surface area contributed by atoms with Gasteiger partial charge in [0.25, 0.3) is 5.91 Å². The summed E-state index contributed by atoms with van der Waals surface area (Å²) in [6.07, 6.45) is 3.21. The van der Waals surface area contributed by atoms with Crippen molar-refractivity contribution in [1.29, 1.82) is 0 Å². The fraction of sp³-hybridized carbons (Fsp3) is 0.273. The molecule has 8 heteroatoms. The van der Waals surface area contributed by atoms with E-state index in [1.54, 1.807) is 60.6 Å². The SMILES string of the molecule is C=CCN1C(=O)NC(c2cc(OC)ccc2OC)C2=C1CN(Cc1ccco1)C2=O. The third kappa shape index (κ3) is 3.30. The summed E-state index contributed by atoms with van der Waals surface area (Å²) >= 11 is 0. The molecule has 0 spiro atoms. The van der Waals surface area contributed by atoms with E-state index >= 15 is 0 Å². The Balaban J connectivity index is 1.78. The van der Waals surface area contributed by atoms with Crippen LogP contribution in [0.25, 0.3) is 0 Å². The first-order chi connectivity index (χ1) is 14.6. The molecule has 30 heavy (non-hydrogen) atoms. The first-order valence-electron chi connectivity index (χ1n) is 9.53. The van der Waals surface area contributed by atoms with Crippen LogP contribution in [0.4, 0.5) is 4.79 Å². The van der Waals surface area contributed by atoms with Crippen molar-refractivity contribution in [1.82, 2.24) is 15.1 Å². The van der Waals surface area contributed by atoms with Crippen LogP contribution in [0.3, 0.4) is 0 Å². The number of hydrogen-bond acceptors (Lipinski definition) is 5. The number of hydrogen-bond donors (Lipinski definition) is 1. The Morgan fingerprint density at radius 1 is 1.27 bits per heavy atom. The first-order valence-corrected chi connectivity index (χ1v) is 9.53. The van der Waals surface area contributed by atoms with Gasteiger partial charge in [-0.05, 0) is 30.3 Å². The molecular weight excluding hydrogens is 386 g/mol. The van der Waals surface area contributed by atoms with Gasteiger partial charge in [-0.2, -0.15) is 0 Å². The number of benzene rings is 1. The normalized spacial score (nSPS) is 18.4. The molecule has 2 aliphatic heterocycles. The second-order valence-electron chi connectivity index (χ2n) is 6.99. The number of urea groups is 1. The topological polar surface area (TPSA) is 84.2 Å². The molecule has 0 saturated heterocycles. The number of methoxy groups -OCH3 is 2. The highest BCUT2D eigenvalue weighted by atomic mass is 16.5. The van der Waals surface area contributed by atoms with Crippen molar-refractivity contribution < 1.29 is 23.5 Å². The summed E-state index contributed by atoms with van der Waals surface area (Å²) in [5.74, 6) is 1.68. The molecule has 0 bridgehead atoms. The fourth-order valence-electron chi connectivity index (χ4n) is 3.89. The molecule has 8 nitrogen and oxygen atoms in total. The van der Waals surface area contributed by atoms with E-state index in [-0.39, 0.29) is 11.9 Å². The van der Waals surface area contributed by atoms with Crippen molar-refractivity contribution in [3.63, 3.8) is 0 Å². The Hall–Kier alpha value is -3.68. The molecule has 2 aromatic rings. The lowest BCUT2D eigenvalue weighted by Gasteiger charge is -2.33. The lowest BCUT2D eigenvalue weighted by molar-refractivity contribution is -0.126. The number of rotatable bonds is 7. The van der Waals surface area contributed by atoms with Crippen molar-refractivity contribution in [2.24, 2.45) is 0 Å². The second-order valence-corrected chi connectivity index (χ2v) is 6.99. The molecule has 3 heterocycles. The fourth-order valence-corrected chi connectivity index (χ4v) is 3.89. The lowest BCUT2D eigenvalue weighted by Crippen LogP contribution is -2.47. The van der Waals surface area contributed by atoms with Gasteiger partial charge in [0.15, 0.2) is 0 Å². The van der Waals surface area contributed by atoms with Crippen molar-refractivity contribution in [3.8, 4) is 11.5 Å². The van der Waals surface area contributed by atoms with E-state index in [4.69, 9.17) is 13.9 Å². The van der Waals surface area contributed by atoms with E-state index in [0.29, 0.717) is 53.7 Å². The molecule has 0 fully saturated rings. The third-order valence-electron chi connectivity index (χ3n) is 5.28. The van der Waals surface area contributed by atoms with Gasteiger partial charge in [-0.15, -0.1) is 6.58 Å². The van der Waals surface area contributed by atoms with Gasteiger partial charge in [-0.25, -0.2) is 4.79 Å². The smallest absolute Gasteiger partial charge is 0.322 e. The van der Waals surface area contributed by atoms with Crippen LogP contribution in [0, 0.1) is 0 Å². The molecule has 4 rings (SSSR count). The molecule has 0 aliphatic carbocycles. The molecule has 1 aromatic heterocycles. The van der Waals surface area contributed by atoms with Crippen molar-refractivity contribution in [3.05, 3.63) is 71.8 Å². The van der Waals surface area contributed by atoms with Crippen LogP contribution in [-0.2, 0) is 11.3 Å². The Morgan fingerprint density at radius 3 is 2.77 bits per heavy atom. The van der Waals surface area contributed by atoms with Crippen molar-refractivity contribution in [2.45, 2.75) is 12.6 Å². The lowest BCUT2D eigenvalue weighted by atomic mass is 9.94. The van der Waals surface area contributed by atoms with Crippen molar-refractivity contribution in [2.75, 3.05) is 27.3 Å². The minimum Gasteiger partial charge on any atom is -0.497 e. The van der Waals surface area contributed by atoms with E-state index in [1.165, 1.54) is 0 Å². The van der Waals surface area contributed by atoms with Gasteiger partial charge in [0.2, 0.25) is 0 Å². The van der Waals surface area contributed by atoms with Gasteiger partial charge in [-0.1, -0.05) is 6.08 Å². The summed E-state index contributed by atoms with van der Waals surface area (Å²) in [5, 5.41) is 2.95. The molecule has 156 valence electrons. The average molecular weight is 409 g/mol. The summed E-state index contributed by atoms with van der Waals surface area (Å²) in [6, 6.07) is 7.95. The van der Waals surface area contributed by atoms with Gasteiger partial charge < -0.3 is 24.1 Å². The molecule has 1 atom stereocenters. The number of nitrogens with one attached hydrogen (secondary N) is 1. The molecule has 0 saturated carbocycles. The molecular formula is C22H23N3O5. The molecule has 1 N–H and O–H groups in total. The van der Waals surface area contributed by atoms with E-state index in [2.05, 4.69) is 11.9 Å². The van der Waals surface area contributed by atoms with E-state index in [0.717, 1.165) is 0 Å². The number of ether oxygens (including phenoxy) is 2. The van der Waals surface area contributed by atoms with Gasteiger partial charge in [-0.3, -0.25) is 9.69 Å². The van der Waals surface area contributed by atoms with Gasteiger partial charge in [0.1, 0.15) is 17.3 Å². The van der Waals surface area contributed by atoms with Gasteiger partial charge in [0, 0.05) is 12.1 Å². The third-order valence-corrected chi connectivity index (χ3v) is 5.28. The number of nitrogens with zero attached hydrogens (tertiary/aromatic N) is 2. The van der Waals surface area contributed by atoms with Crippen molar-refractivity contribution >= 4 is 11.9 Å². The summed E-state index contributed by atoms with van der Waals surface area (Å²) in [6.45, 7) is 4.66. The van der Waals surface area contributed by atoms with Crippen LogP contribution in [0.5, 0.6) is 11.5 Å². The summed E-state index contributed by atoms with van der Waals surface area (Å²) < 4.78 is 16.3. The predicted molar refractivity (Wildman–Crippen MR) is 109 cm³/mol. The Labute approximate surface area is 174 Å². The highest BCUT2D eigenvalue weighted by Gasteiger charge is 2.44. The molecule has 1 aromatic carbocycles. The minimum absolute atomic E-state index is 0.162. The quantitative estimate of drug-likeness (QED) is 0.711. The second kappa shape index (κ2) is 7.98.